The molecule has 0 aliphatic heterocycles. The predicted molar refractivity (Wildman–Crippen MR) is 126 cm³/mol. The Kier molecular flexibility index (Phi) is 6.18. The van der Waals surface area contributed by atoms with Crippen molar-refractivity contribution in [1.82, 2.24) is 19.6 Å². The molecule has 2 amide bonds. The third-order valence-electron chi connectivity index (χ3n) is 5.59. The first-order valence-corrected chi connectivity index (χ1v) is 11.5. The van der Waals surface area contributed by atoms with Gasteiger partial charge >= 0.3 is 0 Å². The van der Waals surface area contributed by atoms with Crippen LogP contribution in [0.25, 0.3) is 15.9 Å². The van der Waals surface area contributed by atoms with E-state index in [9.17, 15) is 9.59 Å². The van der Waals surface area contributed by atoms with Gasteiger partial charge in [0.15, 0.2) is 10.8 Å². The van der Waals surface area contributed by atoms with Crippen molar-refractivity contribution in [3.05, 3.63) is 52.5 Å². The Bertz CT molecular complexity index is 1320. The van der Waals surface area contributed by atoms with E-state index >= 15 is 0 Å². The van der Waals surface area contributed by atoms with Crippen molar-refractivity contribution in [3.8, 4) is 0 Å². The number of anilines is 1. The summed E-state index contributed by atoms with van der Waals surface area (Å²) in [7, 11) is 0. The third-order valence-corrected chi connectivity index (χ3v) is 6.53. The van der Waals surface area contributed by atoms with Gasteiger partial charge < -0.3 is 11.1 Å². The molecule has 3 aromatic heterocycles. The van der Waals surface area contributed by atoms with Gasteiger partial charge in [-0.15, -0.1) is 0 Å². The molecule has 0 bridgehead atoms. The van der Waals surface area contributed by atoms with Gasteiger partial charge in [-0.25, -0.2) is 14.5 Å². The largest absolute Gasteiger partial charge is 0.365 e. The van der Waals surface area contributed by atoms with E-state index in [2.05, 4.69) is 39.4 Å². The van der Waals surface area contributed by atoms with Gasteiger partial charge in [0.1, 0.15) is 5.56 Å². The summed E-state index contributed by atoms with van der Waals surface area (Å²) in [6, 6.07) is 6.29. The molecule has 0 aliphatic rings. The third kappa shape index (κ3) is 4.34. The quantitative estimate of drug-likeness (QED) is 0.421. The Labute approximate surface area is 189 Å². The topological polar surface area (TPSA) is 115 Å². The second-order valence-corrected chi connectivity index (χ2v) is 8.92. The van der Waals surface area contributed by atoms with Crippen LogP contribution in [0.1, 0.15) is 59.1 Å². The molecule has 0 unspecified atom stereocenters. The van der Waals surface area contributed by atoms with Crippen LogP contribution in [0.3, 0.4) is 0 Å². The number of unbranched alkanes of at least 4 members (excludes halogenated alkanes) is 1. The maximum atomic E-state index is 12.6. The molecule has 0 spiro atoms. The van der Waals surface area contributed by atoms with Crippen LogP contribution in [0.4, 0.5) is 5.13 Å². The molecule has 0 aliphatic carbocycles. The first-order valence-electron chi connectivity index (χ1n) is 10.7. The number of aromatic nitrogens is 4. The molecular formula is C23H26N6O2S. The summed E-state index contributed by atoms with van der Waals surface area (Å²) < 4.78 is 2.68. The summed E-state index contributed by atoms with van der Waals surface area (Å²) in [6.07, 6.45) is 5.60. The zero-order valence-corrected chi connectivity index (χ0v) is 19.3. The maximum Gasteiger partial charge on any atom is 0.254 e. The number of rotatable bonds is 8. The van der Waals surface area contributed by atoms with E-state index in [1.54, 1.807) is 4.52 Å². The summed E-state index contributed by atoms with van der Waals surface area (Å²) in [5, 5.41) is 7.76. The van der Waals surface area contributed by atoms with Gasteiger partial charge in [0, 0.05) is 17.8 Å². The lowest BCUT2D eigenvalue weighted by atomic mass is 10.1. The smallest absolute Gasteiger partial charge is 0.254 e. The van der Waals surface area contributed by atoms with Crippen LogP contribution in [0.5, 0.6) is 0 Å². The first kappa shape index (κ1) is 21.9. The maximum absolute atomic E-state index is 12.6. The molecule has 9 heteroatoms. The number of nitrogens with two attached hydrogens (primary N) is 1. The second kappa shape index (κ2) is 9.04. The average molecular weight is 451 g/mol. The van der Waals surface area contributed by atoms with Gasteiger partial charge in [-0.2, -0.15) is 5.10 Å². The Hall–Kier alpha value is -3.33. The number of carbonyl (C=O) groups is 2. The van der Waals surface area contributed by atoms with E-state index in [1.807, 2.05) is 19.9 Å². The van der Waals surface area contributed by atoms with Crippen LogP contribution in [-0.4, -0.2) is 31.4 Å². The molecule has 0 fully saturated rings. The average Bonchev–Trinajstić information content (AvgIpc) is 3.35. The van der Waals surface area contributed by atoms with Crippen molar-refractivity contribution in [2.75, 3.05) is 5.32 Å². The van der Waals surface area contributed by atoms with Crippen molar-refractivity contribution < 1.29 is 9.59 Å². The highest BCUT2D eigenvalue weighted by Gasteiger charge is 2.17. The van der Waals surface area contributed by atoms with Gasteiger partial charge in [-0.3, -0.25) is 9.59 Å². The summed E-state index contributed by atoms with van der Waals surface area (Å²) in [6.45, 7) is 5.95. The molecule has 0 atom stereocenters. The molecule has 0 saturated heterocycles. The fraction of sp³-hybridized carbons (Fsp3) is 0.348. The molecule has 32 heavy (non-hydrogen) atoms. The van der Waals surface area contributed by atoms with Crippen LogP contribution in [0, 0.1) is 13.8 Å². The van der Waals surface area contributed by atoms with Gasteiger partial charge in [0.2, 0.25) is 5.91 Å². The highest BCUT2D eigenvalue weighted by Crippen LogP contribution is 2.27. The van der Waals surface area contributed by atoms with E-state index in [-0.39, 0.29) is 17.9 Å². The monoisotopic (exact) mass is 450 g/mol. The number of aryl methyl sites for hydroxylation is 3. The molecule has 4 rings (SSSR count). The van der Waals surface area contributed by atoms with Crippen molar-refractivity contribution >= 4 is 44.1 Å². The van der Waals surface area contributed by atoms with E-state index < -0.39 is 5.91 Å². The zero-order chi connectivity index (χ0) is 22.8. The van der Waals surface area contributed by atoms with Crippen molar-refractivity contribution in [2.45, 2.75) is 52.9 Å². The van der Waals surface area contributed by atoms with Gasteiger partial charge in [-0.05, 0) is 56.4 Å². The molecular weight excluding hydrogens is 424 g/mol. The summed E-state index contributed by atoms with van der Waals surface area (Å²) >= 11 is 1.50. The standard InChI is InChI=1S/C23H26N6O2S/c1-4-5-6-15-7-9-18-19(11-15)32-23(27-18)28-20(30)10-8-16-13(2)26-22-17(21(24)31)12-25-29(22)14(16)3/h7,9,11-12H,4-6,8,10H2,1-3H3,(H2,24,31)(H,27,28,30). The lowest BCUT2D eigenvalue weighted by Gasteiger charge is -2.11. The number of benzene rings is 1. The van der Waals surface area contributed by atoms with Crippen LogP contribution in [0.2, 0.25) is 0 Å². The van der Waals surface area contributed by atoms with E-state index in [0.29, 0.717) is 17.2 Å². The van der Waals surface area contributed by atoms with Crippen LogP contribution in [0.15, 0.2) is 24.4 Å². The van der Waals surface area contributed by atoms with E-state index in [4.69, 9.17) is 5.73 Å². The summed E-state index contributed by atoms with van der Waals surface area (Å²) in [5.41, 5.74) is 10.8. The lowest BCUT2D eigenvalue weighted by Crippen LogP contribution is -2.15. The highest BCUT2D eigenvalue weighted by atomic mass is 32.1. The lowest BCUT2D eigenvalue weighted by molar-refractivity contribution is -0.116. The molecule has 0 radical (unpaired) electrons. The first-order chi connectivity index (χ1) is 15.4. The minimum absolute atomic E-state index is 0.104. The highest BCUT2D eigenvalue weighted by molar-refractivity contribution is 7.22. The van der Waals surface area contributed by atoms with Crippen molar-refractivity contribution in [1.29, 1.82) is 0 Å². The number of fused-ring (bicyclic) bond motifs is 2. The number of hydrogen-bond acceptors (Lipinski definition) is 6. The summed E-state index contributed by atoms with van der Waals surface area (Å²) in [5.74, 6) is -0.667. The Morgan fingerprint density at radius 2 is 2.00 bits per heavy atom. The number of hydrogen-bond donors (Lipinski definition) is 2. The van der Waals surface area contributed by atoms with Gasteiger partial charge in [0.25, 0.3) is 5.91 Å². The molecule has 8 nitrogen and oxygen atoms in total. The van der Waals surface area contributed by atoms with Crippen molar-refractivity contribution in [2.24, 2.45) is 5.73 Å². The molecule has 166 valence electrons. The minimum Gasteiger partial charge on any atom is -0.365 e. The van der Waals surface area contributed by atoms with Crippen LogP contribution < -0.4 is 11.1 Å². The minimum atomic E-state index is -0.563. The van der Waals surface area contributed by atoms with Gasteiger partial charge in [0.05, 0.1) is 16.4 Å². The molecule has 4 aromatic rings. The normalized spacial score (nSPS) is 11.3. The Balaban J connectivity index is 1.46. The number of thiazole rings is 1. The predicted octanol–water partition coefficient (Wildman–Crippen LogP) is 3.97. The number of amides is 2. The van der Waals surface area contributed by atoms with Crippen molar-refractivity contribution in [3.63, 3.8) is 0 Å². The number of nitrogens with zero attached hydrogens (tertiary/aromatic N) is 4. The van der Waals surface area contributed by atoms with Gasteiger partial charge in [-0.1, -0.05) is 30.7 Å². The summed E-state index contributed by atoms with van der Waals surface area (Å²) in [4.78, 5) is 33.2. The zero-order valence-electron chi connectivity index (χ0n) is 18.4. The van der Waals surface area contributed by atoms with Crippen LogP contribution >= 0.6 is 11.3 Å². The number of nitrogens with one attached hydrogen (secondary N) is 1. The number of carbonyl (C=O) groups excluding carboxylic acids is 2. The number of primary amides is 1. The van der Waals surface area contributed by atoms with E-state index in [0.717, 1.165) is 46.4 Å². The molecule has 1 aromatic carbocycles. The second-order valence-electron chi connectivity index (χ2n) is 7.89. The SMILES string of the molecule is CCCCc1ccc2nc(NC(=O)CCc3c(C)nc4c(C(N)=O)cnn4c3C)sc2c1. The molecule has 0 saturated carbocycles. The Morgan fingerprint density at radius 3 is 2.75 bits per heavy atom. The molecule has 3 heterocycles. The molecule has 3 N–H and O–H groups in total. The fourth-order valence-electron chi connectivity index (χ4n) is 3.83. The van der Waals surface area contributed by atoms with Crippen LogP contribution in [-0.2, 0) is 17.6 Å². The fourth-order valence-corrected chi connectivity index (χ4v) is 4.77. The van der Waals surface area contributed by atoms with E-state index in [1.165, 1.54) is 23.1 Å². The Morgan fingerprint density at radius 1 is 1.19 bits per heavy atom.